The van der Waals surface area contributed by atoms with E-state index < -0.39 is 0 Å². The van der Waals surface area contributed by atoms with E-state index in [-0.39, 0.29) is 6.04 Å². The van der Waals surface area contributed by atoms with Crippen molar-refractivity contribution in [3.63, 3.8) is 0 Å². The van der Waals surface area contributed by atoms with Crippen molar-refractivity contribution in [2.24, 2.45) is 0 Å². The van der Waals surface area contributed by atoms with Gasteiger partial charge in [-0.2, -0.15) is 4.98 Å². The molecule has 0 radical (unpaired) electrons. The molecule has 2 aromatic rings. The van der Waals surface area contributed by atoms with Gasteiger partial charge in [-0.25, -0.2) is 0 Å². The number of ether oxygens (including phenoxy) is 1. The van der Waals surface area contributed by atoms with Crippen LogP contribution in [0.3, 0.4) is 0 Å². The number of rotatable bonds is 4. The Labute approximate surface area is 112 Å². The fourth-order valence-corrected chi connectivity index (χ4v) is 2.40. The highest BCUT2D eigenvalue weighted by atomic mass is 16.5. The Morgan fingerprint density at radius 2 is 2.26 bits per heavy atom. The minimum Gasteiger partial charge on any atom is -0.493 e. The maximum Gasteiger partial charge on any atom is 0.240 e. The second-order valence-corrected chi connectivity index (χ2v) is 4.86. The van der Waals surface area contributed by atoms with Crippen LogP contribution in [0.2, 0.25) is 0 Å². The molecule has 3 rings (SSSR count). The molecule has 2 unspecified atom stereocenters. The standard InChI is InChI=1S/C14H17N3O2/c1-9(15-7-14-16-10(2)17-19-14)12-8-18-13-6-4-3-5-11(12)13/h3-6,9,12,15H,7-8H2,1-2H3. The van der Waals surface area contributed by atoms with E-state index >= 15 is 0 Å². The minimum absolute atomic E-state index is 0.288. The Morgan fingerprint density at radius 1 is 1.42 bits per heavy atom. The Bertz CT molecular complexity index is 567. The van der Waals surface area contributed by atoms with Gasteiger partial charge in [0.05, 0.1) is 13.2 Å². The van der Waals surface area contributed by atoms with E-state index in [2.05, 4.69) is 34.5 Å². The van der Waals surface area contributed by atoms with Crippen molar-refractivity contribution in [2.45, 2.75) is 32.4 Å². The van der Waals surface area contributed by atoms with Crippen molar-refractivity contribution in [3.8, 4) is 5.75 Å². The van der Waals surface area contributed by atoms with Gasteiger partial charge in [-0.15, -0.1) is 0 Å². The van der Waals surface area contributed by atoms with Crippen LogP contribution in [0.4, 0.5) is 0 Å². The predicted octanol–water partition coefficient (Wildman–Crippen LogP) is 2.03. The first kappa shape index (κ1) is 12.2. The van der Waals surface area contributed by atoms with Crippen LogP contribution >= 0.6 is 0 Å². The summed E-state index contributed by atoms with van der Waals surface area (Å²) < 4.78 is 10.8. The van der Waals surface area contributed by atoms with Gasteiger partial charge in [0.15, 0.2) is 5.82 Å². The molecule has 1 aliphatic rings. The molecule has 1 aliphatic heterocycles. The number of benzene rings is 1. The van der Waals surface area contributed by atoms with E-state index in [1.54, 1.807) is 0 Å². The van der Waals surface area contributed by atoms with E-state index in [0.717, 1.165) is 12.4 Å². The second kappa shape index (κ2) is 5.01. The summed E-state index contributed by atoms with van der Waals surface area (Å²) in [5, 5.41) is 7.20. The Morgan fingerprint density at radius 3 is 3.05 bits per heavy atom. The first-order chi connectivity index (χ1) is 9.24. The van der Waals surface area contributed by atoms with Crippen LogP contribution in [0.1, 0.15) is 30.1 Å². The molecule has 0 aliphatic carbocycles. The van der Waals surface area contributed by atoms with E-state index in [1.165, 1.54) is 5.56 Å². The number of nitrogens with one attached hydrogen (secondary N) is 1. The monoisotopic (exact) mass is 259 g/mol. The van der Waals surface area contributed by atoms with Gasteiger partial charge in [-0.3, -0.25) is 0 Å². The van der Waals surface area contributed by atoms with Crippen LogP contribution in [-0.2, 0) is 6.54 Å². The zero-order valence-corrected chi connectivity index (χ0v) is 11.1. The predicted molar refractivity (Wildman–Crippen MR) is 70.0 cm³/mol. The Hall–Kier alpha value is -1.88. The topological polar surface area (TPSA) is 60.2 Å². The van der Waals surface area contributed by atoms with Crippen LogP contribution < -0.4 is 10.1 Å². The molecule has 1 aromatic heterocycles. The van der Waals surface area contributed by atoms with Crippen molar-refractivity contribution < 1.29 is 9.26 Å². The van der Waals surface area contributed by atoms with Gasteiger partial charge < -0.3 is 14.6 Å². The molecule has 1 aromatic carbocycles. The number of aryl methyl sites for hydroxylation is 1. The van der Waals surface area contributed by atoms with Crippen molar-refractivity contribution in [1.82, 2.24) is 15.5 Å². The Balaban J connectivity index is 1.64. The number of para-hydroxylation sites is 1. The summed E-state index contributed by atoms with van der Waals surface area (Å²) >= 11 is 0. The molecule has 2 heterocycles. The summed E-state index contributed by atoms with van der Waals surface area (Å²) in [6, 6.07) is 8.48. The molecule has 0 saturated carbocycles. The van der Waals surface area contributed by atoms with Crippen molar-refractivity contribution in [3.05, 3.63) is 41.5 Å². The average molecular weight is 259 g/mol. The van der Waals surface area contributed by atoms with Gasteiger partial charge in [-0.1, -0.05) is 23.4 Å². The van der Waals surface area contributed by atoms with Crippen LogP contribution in [-0.4, -0.2) is 22.8 Å². The van der Waals surface area contributed by atoms with Crippen LogP contribution in [0.25, 0.3) is 0 Å². The lowest BCUT2D eigenvalue weighted by molar-refractivity contribution is 0.295. The highest BCUT2D eigenvalue weighted by Crippen LogP contribution is 2.35. The fourth-order valence-electron chi connectivity index (χ4n) is 2.40. The second-order valence-electron chi connectivity index (χ2n) is 4.86. The third-order valence-electron chi connectivity index (χ3n) is 3.49. The van der Waals surface area contributed by atoms with E-state index in [1.807, 2.05) is 19.1 Å². The molecule has 5 heteroatoms. The molecular weight excluding hydrogens is 242 g/mol. The van der Waals surface area contributed by atoms with Gasteiger partial charge in [0.1, 0.15) is 5.75 Å². The molecule has 0 fully saturated rings. The SMILES string of the molecule is Cc1noc(CNC(C)C2COc3ccccc32)n1. The lowest BCUT2D eigenvalue weighted by Gasteiger charge is -2.18. The molecule has 19 heavy (non-hydrogen) atoms. The van der Waals surface area contributed by atoms with Crippen molar-refractivity contribution in [1.29, 1.82) is 0 Å². The lowest BCUT2D eigenvalue weighted by Crippen LogP contribution is -2.32. The lowest BCUT2D eigenvalue weighted by atomic mass is 9.94. The Kier molecular flexibility index (Phi) is 3.21. The van der Waals surface area contributed by atoms with Crippen molar-refractivity contribution in [2.75, 3.05) is 6.61 Å². The molecule has 5 nitrogen and oxygen atoms in total. The first-order valence-corrected chi connectivity index (χ1v) is 6.48. The average Bonchev–Trinajstić information content (AvgIpc) is 3.02. The van der Waals surface area contributed by atoms with Gasteiger partial charge in [-0.05, 0) is 19.9 Å². The summed E-state index contributed by atoms with van der Waals surface area (Å²) in [6.07, 6.45) is 0. The largest absolute Gasteiger partial charge is 0.493 e. The van der Waals surface area contributed by atoms with E-state index in [0.29, 0.717) is 24.2 Å². The summed E-state index contributed by atoms with van der Waals surface area (Å²) in [6.45, 7) is 5.27. The van der Waals surface area contributed by atoms with Crippen molar-refractivity contribution >= 4 is 0 Å². The van der Waals surface area contributed by atoms with Gasteiger partial charge in [0, 0.05) is 17.5 Å². The summed E-state index contributed by atoms with van der Waals surface area (Å²) in [5.74, 6) is 2.64. The first-order valence-electron chi connectivity index (χ1n) is 6.48. The van der Waals surface area contributed by atoms with Crippen LogP contribution in [0.15, 0.2) is 28.8 Å². The number of hydrogen-bond donors (Lipinski definition) is 1. The molecule has 100 valence electrons. The number of fused-ring (bicyclic) bond motifs is 1. The molecular formula is C14H17N3O2. The summed E-state index contributed by atoms with van der Waals surface area (Å²) in [4.78, 5) is 4.18. The molecule has 0 amide bonds. The van der Waals surface area contributed by atoms with E-state index in [9.17, 15) is 0 Å². The number of aromatic nitrogens is 2. The molecule has 1 N–H and O–H groups in total. The quantitative estimate of drug-likeness (QED) is 0.910. The van der Waals surface area contributed by atoms with Crippen LogP contribution in [0.5, 0.6) is 5.75 Å². The maximum atomic E-state index is 5.70. The molecule has 0 spiro atoms. The molecule has 2 atom stereocenters. The van der Waals surface area contributed by atoms with Gasteiger partial charge in [0.25, 0.3) is 0 Å². The van der Waals surface area contributed by atoms with Gasteiger partial charge in [0.2, 0.25) is 5.89 Å². The third-order valence-corrected chi connectivity index (χ3v) is 3.49. The zero-order chi connectivity index (χ0) is 13.2. The number of nitrogens with zero attached hydrogens (tertiary/aromatic N) is 2. The fraction of sp³-hybridized carbons (Fsp3) is 0.429. The van der Waals surface area contributed by atoms with E-state index in [4.69, 9.17) is 9.26 Å². The maximum absolute atomic E-state index is 5.70. The highest BCUT2D eigenvalue weighted by molar-refractivity contribution is 5.40. The molecule has 0 saturated heterocycles. The summed E-state index contributed by atoms with van der Waals surface area (Å²) in [5.41, 5.74) is 1.27. The normalized spacial score (nSPS) is 18.9. The summed E-state index contributed by atoms with van der Waals surface area (Å²) in [7, 11) is 0. The van der Waals surface area contributed by atoms with Gasteiger partial charge >= 0.3 is 0 Å². The minimum atomic E-state index is 0.288. The third kappa shape index (κ3) is 2.46. The zero-order valence-electron chi connectivity index (χ0n) is 11.1. The number of hydrogen-bond acceptors (Lipinski definition) is 5. The highest BCUT2D eigenvalue weighted by Gasteiger charge is 2.28. The smallest absolute Gasteiger partial charge is 0.240 e. The molecule has 0 bridgehead atoms. The van der Waals surface area contributed by atoms with Crippen LogP contribution in [0, 0.1) is 6.92 Å².